The quantitative estimate of drug-likeness (QED) is 0.431. The van der Waals surface area contributed by atoms with Gasteiger partial charge in [-0.2, -0.15) is 0 Å². The molecular formula is C23H29N3O2S2. The lowest BCUT2D eigenvalue weighted by molar-refractivity contribution is 0.0601. The first-order valence-corrected chi connectivity index (χ1v) is 11.9. The molecule has 0 atom stereocenters. The van der Waals surface area contributed by atoms with Crippen molar-refractivity contribution in [3.8, 4) is 0 Å². The van der Waals surface area contributed by atoms with Gasteiger partial charge in [-0.15, -0.1) is 11.3 Å². The smallest absolute Gasteiger partial charge is 0.341 e. The Bertz CT molecular complexity index is 889. The molecule has 30 heavy (non-hydrogen) atoms. The molecule has 2 aliphatic rings. The number of anilines is 1. The summed E-state index contributed by atoms with van der Waals surface area (Å²) in [5, 5.41) is 4.95. The van der Waals surface area contributed by atoms with Gasteiger partial charge in [0.15, 0.2) is 5.11 Å². The second kappa shape index (κ2) is 9.90. The molecule has 1 aromatic heterocycles. The number of fused-ring (bicyclic) bond motifs is 1. The normalized spacial score (nSPS) is 17.2. The molecule has 1 aliphatic heterocycles. The molecule has 1 aliphatic carbocycles. The maximum atomic E-state index is 12.5. The molecule has 2 aromatic rings. The molecule has 1 N–H and O–H groups in total. The summed E-state index contributed by atoms with van der Waals surface area (Å²) in [5.74, 6) is -0.257. The molecule has 0 amide bonds. The average molecular weight is 444 g/mol. The summed E-state index contributed by atoms with van der Waals surface area (Å²) < 4.78 is 5.10. The number of methoxy groups -OCH3 is 1. The van der Waals surface area contributed by atoms with E-state index in [2.05, 4.69) is 45.4 Å². The van der Waals surface area contributed by atoms with Crippen LogP contribution in [0.15, 0.2) is 30.3 Å². The molecule has 1 fully saturated rings. The van der Waals surface area contributed by atoms with Crippen LogP contribution in [0.1, 0.15) is 45.6 Å². The number of thiophene rings is 1. The van der Waals surface area contributed by atoms with Crippen LogP contribution in [0.5, 0.6) is 0 Å². The molecule has 0 unspecified atom stereocenters. The molecule has 0 bridgehead atoms. The van der Waals surface area contributed by atoms with Crippen LogP contribution in [0.3, 0.4) is 0 Å². The van der Waals surface area contributed by atoms with Crippen molar-refractivity contribution in [1.29, 1.82) is 0 Å². The number of benzene rings is 1. The first-order chi connectivity index (χ1) is 14.7. The van der Waals surface area contributed by atoms with Crippen molar-refractivity contribution < 1.29 is 9.53 Å². The number of hydrogen-bond acceptors (Lipinski definition) is 5. The van der Waals surface area contributed by atoms with E-state index in [9.17, 15) is 4.79 Å². The zero-order valence-electron chi connectivity index (χ0n) is 17.5. The maximum Gasteiger partial charge on any atom is 0.341 e. The lowest BCUT2D eigenvalue weighted by Crippen LogP contribution is -2.49. The van der Waals surface area contributed by atoms with Gasteiger partial charge < -0.3 is 15.0 Å². The Kier molecular flexibility index (Phi) is 7.02. The number of piperazine rings is 1. The molecule has 7 heteroatoms. The first kappa shape index (κ1) is 21.3. The van der Waals surface area contributed by atoms with Crippen LogP contribution in [-0.4, -0.2) is 54.2 Å². The third kappa shape index (κ3) is 4.85. The Morgan fingerprint density at radius 1 is 1.10 bits per heavy atom. The van der Waals surface area contributed by atoms with Gasteiger partial charge in [-0.1, -0.05) is 36.8 Å². The summed E-state index contributed by atoms with van der Waals surface area (Å²) in [5.41, 5.74) is 3.21. The van der Waals surface area contributed by atoms with Gasteiger partial charge in [0, 0.05) is 37.6 Å². The Hall–Kier alpha value is -1.96. The minimum absolute atomic E-state index is 0.257. The monoisotopic (exact) mass is 443 g/mol. The number of esters is 1. The van der Waals surface area contributed by atoms with Crippen molar-refractivity contribution >= 4 is 39.6 Å². The van der Waals surface area contributed by atoms with Crippen LogP contribution in [0, 0.1) is 0 Å². The first-order valence-electron chi connectivity index (χ1n) is 10.7. The number of ether oxygens (including phenoxy) is 1. The molecule has 5 nitrogen and oxygen atoms in total. The summed E-state index contributed by atoms with van der Waals surface area (Å²) in [7, 11) is 1.46. The topological polar surface area (TPSA) is 44.8 Å². The minimum Gasteiger partial charge on any atom is -0.465 e. The van der Waals surface area contributed by atoms with Gasteiger partial charge in [-0.3, -0.25) is 4.90 Å². The number of aryl methyl sites for hydroxylation is 1. The van der Waals surface area contributed by atoms with Crippen LogP contribution >= 0.6 is 23.6 Å². The Morgan fingerprint density at radius 3 is 2.57 bits per heavy atom. The highest BCUT2D eigenvalue weighted by atomic mass is 32.1. The SMILES string of the molecule is COC(=O)c1c(NC(=S)N2CCN(Cc3ccccc3)CC2)sc2c1CCCCC2. The van der Waals surface area contributed by atoms with E-state index >= 15 is 0 Å². The van der Waals surface area contributed by atoms with Gasteiger partial charge >= 0.3 is 5.97 Å². The predicted octanol–water partition coefficient (Wildman–Crippen LogP) is 4.32. The Labute approximate surface area is 188 Å². The van der Waals surface area contributed by atoms with E-state index < -0.39 is 0 Å². The summed E-state index contributed by atoms with van der Waals surface area (Å²) in [6.45, 7) is 4.69. The van der Waals surface area contributed by atoms with Gasteiger partial charge in [0.05, 0.1) is 12.7 Å². The number of carbonyl (C=O) groups is 1. The molecule has 2 heterocycles. The lowest BCUT2D eigenvalue weighted by Gasteiger charge is -2.36. The number of nitrogens with zero attached hydrogens (tertiary/aromatic N) is 2. The molecule has 160 valence electrons. The van der Waals surface area contributed by atoms with E-state index in [0.29, 0.717) is 10.7 Å². The second-order valence-electron chi connectivity index (χ2n) is 7.94. The summed E-state index contributed by atoms with van der Waals surface area (Å²) >= 11 is 7.40. The highest BCUT2D eigenvalue weighted by Crippen LogP contribution is 2.38. The van der Waals surface area contributed by atoms with Crippen molar-refractivity contribution in [1.82, 2.24) is 9.80 Å². The fourth-order valence-electron chi connectivity index (χ4n) is 4.28. The summed E-state index contributed by atoms with van der Waals surface area (Å²) in [6.07, 6.45) is 5.51. The number of thiocarbonyl (C=S) groups is 1. The Balaban J connectivity index is 1.40. The predicted molar refractivity (Wildman–Crippen MR) is 126 cm³/mol. The second-order valence-corrected chi connectivity index (χ2v) is 9.43. The molecule has 0 radical (unpaired) electrons. The molecule has 4 rings (SSSR count). The van der Waals surface area contributed by atoms with Crippen LogP contribution in [0.4, 0.5) is 5.00 Å². The molecule has 1 saturated heterocycles. The average Bonchev–Trinajstić information content (AvgIpc) is 2.94. The van der Waals surface area contributed by atoms with Crippen LogP contribution in [-0.2, 0) is 24.1 Å². The molecular weight excluding hydrogens is 414 g/mol. The number of nitrogens with one attached hydrogen (secondary N) is 1. The Morgan fingerprint density at radius 2 is 1.83 bits per heavy atom. The highest BCUT2D eigenvalue weighted by Gasteiger charge is 2.27. The van der Waals surface area contributed by atoms with Crippen molar-refractivity contribution in [2.45, 2.75) is 38.6 Å². The largest absolute Gasteiger partial charge is 0.465 e. The van der Waals surface area contributed by atoms with E-state index in [1.165, 1.54) is 36.0 Å². The fraction of sp³-hybridized carbons (Fsp3) is 0.478. The van der Waals surface area contributed by atoms with Gasteiger partial charge in [-0.05, 0) is 49.0 Å². The number of rotatable bonds is 4. The van der Waals surface area contributed by atoms with E-state index in [0.717, 1.165) is 57.0 Å². The van der Waals surface area contributed by atoms with Gasteiger partial charge in [0.2, 0.25) is 0 Å². The van der Waals surface area contributed by atoms with Crippen molar-refractivity contribution in [2.75, 3.05) is 38.6 Å². The standard InChI is InChI=1S/C23H29N3O2S2/c1-28-22(27)20-18-10-6-3-7-11-19(18)30-21(20)24-23(29)26-14-12-25(13-15-26)16-17-8-4-2-5-9-17/h2,4-5,8-9H,3,6-7,10-16H2,1H3,(H,24,29). The van der Waals surface area contributed by atoms with Crippen molar-refractivity contribution in [3.63, 3.8) is 0 Å². The van der Waals surface area contributed by atoms with Crippen molar-refractivity contribution in [3.05, 3.63) is 51.9 Å². The number of hydrogen-bond donors (Lipinski definition) is 1. The molecule has 0 saturated carbocycles. The van der Waals surface area contributed by atoms with E-state index in [4.69, 9.17) is 17.0 Å². The number of carbonyl (C=O) groups excluding carboxylic acids is 1. The third-order valence-corrected chi connectivity index (χ3v) is 7.51. The summed E-state index contributed by atoms with van der Waals surface area (Å²) in [6, 6.07) is 10.6. The van der Waals surface area contributed by atoms with E-state index in [1.54, 1.807) is 11.3 Å². The van der Waals surface area contributed by atoms with Crippen molar-refractivity contribution in [2.24, 2.45) is 0 Å². The van der Waals surface area contributed by atoms with Gasteiger partial charge in [0.25, 0.3) is 0 Å². The van der Waals surface area contributed by atoms with E-state index in [-0.39, 0.29) is 5.97 Å². The fourth-order valence-corrected chi connectivity index (χ4v) is 5.90. The summed E-state index contributed by atoms with van der Waals surface area (Å²) in [4.78, 5) is 18.5. The highest BCUT2D eigenvalue weighted by molar-refractivity contribution is 7.80. The molecule has 0 spiro atoms. The zero-order valence-corrected chi connectivity index (χ0v) is 19.1. The van der Waals surface area contributed by atoms with Crippen LogP contribution in [0.25, 0.3) is 0 Å². The van der Waals surface area contributed by atoms with Crippen LogP contribution < -0.4 is 5.32 Å². The lowest BCUT2D eigenvalue weighted by atomic mass is 10.1. The van der Waals surface area contributed by atoms with E-state index in [1.807, 2.05) is 0 Å². The van der Waals surface area contributed by atoms with Gasteiger partial charge in [0.1, 0.15) is 5.00 Å². The zero-order chi connectivity index (χ0) is 20.9. The molecule has 1 aromatic carbocycles. The van der Waals surface area contributed by atoms with Gasteiger partial charge in [-0.25, -0.2) is 4.79 Å². The van der Waals surface area contributed by atoms with Crippen LogP contribution in [0.2, 0.25) is 0 Å². The minimum atomic E-state index is -0.257. The third-order valence-electron chi connectivity index (χ3n) is 5.94. The maximum absolute atomic E-state index is 12.5.